The van der Waals surface area contributed by atoms with Crippen LogP contribution in [-0.4, -0.2) is 50.5 Å². The average Bonchev–Trinajstić information content (AvgIpc) is 2.89. The molecule has 1 atom stereocenters. The average molecular weight is 595 g/mol. The highest BCUT2D eigenvalue weighted by Crippen LogP contribution is 2.30. The predicted octanol–water partition coefficient (Wildman–Crippen LogP) is 5.06. The molecule has 2 amide bonds. The molecule has 0 bridgehead atoms. The molecule has 3 aromatic rings. The number of hydrogen-bond donors (Lipinski definition) is 1. The summed E-state index contributed by atoms with van der Waals surface area (Å²) in [6, 6.07) is 18.2. The Morgan fingerprint density at radius 3 is 2.28 bits per heavy atom. The molecular formula is C28H30Cl2FN3O4S. The van der Waals surface area contributed by atoms with E-state index >= 15 is 0 Å². The molecule has 0 aliphatic carbocycles. The summed E-state index contributed by atoms with van der Waals surface area (Å²) in [6.45, 7) is 1.35. The molecule has 0 heterocycles. The van der Waals surface area contributed by atoms with E-state index in [0.29, 0.717) is 18.0 Å². The molecule has 0 saturated carbocycles. The molecule has 7 nitrogen and oxygen atoms in total. The maximum atomic E-state index is 14.7. The van der Waals surface area contributed by atoms with Gasteiger partial charge in [-0.15, -0.1) is 0 Å². The second-order valence-corrected chi connectivity index (χ2v) is 11.7. The molecule has 0 spiro atoms. The van der Waals surface area contributed by atoms with Gasteiger partial charge in [-0.05, 0) is 36.2 Å². The van der Waals surface area contributed by atoms with Crippen molar-refractivity contribution in [3.63, 3.8) is 0 Å². The van der Waals surface area contributed by atoms with E-state index in [0.717, 1.165) is 16.1 Å². The van der Waals surface area contributed by atoms with Crippen LogP contribution in [0.25, 0.3) is 0 Å². The number of amides is 2. The largest absolute Gasteiger partial charge is 0.354 e. The van der Waals surface area contributed by atoms with Crippen molar-refractivity contribution >= 4 is 50.7 Å². The fraction of sp³-hybridized carbons (Fsp3) is 0.286. The number of sulfonamides is 1. The van der Waals surface area contributed by atoms with Gasteiger partial charge in [-0.2, -0.15) is 0 Å². The third kappa shape index (κ3) is 8.42. The minimum atomic E-state index is -4.00. The summed E-state index contributed by atoms with van der Waals surface area (Å²) in [4.78, 5) is 28.6. The first-order valence-electron chi connectivity index (χ1n) is 12.3. The first-order valence-corrected chi connectivity index (χ1v) is 14.9. The highest BCUT2D eigenvalue weighted by molar-refractivity contribution is 7.92. The fourth-order valence-corrected chi connectivity index (χ4v) is 5.43. The summed E-state index contributed by atoms with van der Waals surface area (Å²) in [5.41, 5.74) is 1.02. The van der Waals surface area contributed by atoms with Crippen LogP contribution in [0.15, 0.2) is 72.8 Å². The van der Waals surface area contributed by atoms with Crippen molar-refractivity contribution in [2.75, 3.05) is 23.7 Å². The zero-order valence-electron chi connectivity index (χ0n) is 21.6. The maximum absolute atomic E-state index is 14.7. The lowest BCUT2D eigenvalue weighted by Crippen LogP contribution is -2.53. The van der Waals surface area contributed by atoms with Crippen LogP contribution < -0.4 is 9.62 Å². The molecule has 0 saturated heterocycles. The van der Waals surface area contributed by atoms with E-state index in [9.17, 15) is 22.4 Å². The smallest absolute Gasteiger partial charge is 0.244 e. The molecule has 0 aliphatic rings. The van der Waals surface area contributed by atoms with E-state index in [-0.39, 0.29) is 29.2 Å². The van der Waals surface area contributed by atoms with Crippen molar-refractivity contribution in [1.82, 2.24) is 10.2 Å². The van der Waals surface area contributed by atoms with Gasteiger partial charge in [0.15, 0.2) is 0 Å². The molecule has 0 fully saturated rings. The van der Waals surface area contributed by atoms with Gasteiger partial charge in [-0.1, -0.05) is 78.7 Å². The Bertz CT molecular complexity index is 1410. The lowest BCUT2D eigenvalue weighted by Gasteiger charge is -2.33. The van der Waals surface area contributed by atoms with Gasteiger partial charge in [0.05, 0.1) is 17.0 Å². The summed E-state index contributed by atoms with van der Waals surface area (Å²) in [5.74, 6) is -1.69. The highest BCUT2D eigenvalue weighted by atomic mass is 35.5. The minimum Gasteiger partial charge on any atom is -0.354 e. The molecule has 39 heavy (non-hydrogen) atoms. The molecular weight excluding hydrogens is 564 g/mol. The third-order valence-corrected chi connectivity index (χ3v) is 7.64. The number of nitrogens with zero attached hydrogens (tertiary/aromatic N) is 2. The number of nitrogens with one attached hydrogen (secondary N) is 1. The molecule has 0 unspecified atom stereocenters. The van der Waals surface area contributed by atoms with Crippen LogP contribution in [0.1, 0.15) is 24.5 Å². The van der Waals surface area contributed by atoms with Gasteiger partial charge in [-0.3, -0.25) is 13.9 Å². The summed E-state index contributed by atoms with van der Waals surface area (Å²) in [5, 5.41) is 3.15. The van der Waals surface area contributed by atoms with Crippen molar-refractivity contribution in [1.29, 1.82) is 0 Å². The summed E-state index contributed by atoms with van der Waals surface area (Å²) >= 11 is 12.3. The quantitative estimate of drug-likeness (QED) is 0.318. The maximum Gasteiger partial charge on any atom is 0.244 e. The number of rotatable bonds is 12. The molecule has 11 heteroatoms. The number of benzene rings is 3. The second kappa shape index (κ2) is 13.8. The van der Waals surface area contributed by atoms with Crippen LogP contribution in [-0.2, 0) is 32.6 Å². The first kappa shape index (κ1) is 30.4. The summed E-state index contributed by atoms with van der Waals surface area (Å²) in [6.07, 6.45) is 1.75. The SMILES string of the molecule is CCCNC(=O)[C@H](Cc1ccccc1)N(Cc1ccccc1F)C(=O)CN(c1ccc(Cl)cc1Cl)S(C)(=O)=O. The number of anilines is 1. The van der Waals surface area contributed by atoms with Crippen molar-refractivity contribution in [2.45, 2.75) is 32.4 Å². The van der Waals surface area contributed by atoms with E-state index in [1.807, 2.05) is 37.3 Å². The van der Waals surface area contributed by atoms with Crippen molar-refractivity contribution in [2.24, 2.45) is 0 Å². The van der Waals surface area contributed by atoms with Crippen LogP contribution in [0.3, 0.4) is 0 Å². The lowest BCUT2D eigenvalue weighted by atomic mass is 10.0. The normalized spacial score (nSPS) is 12.0. The zero-order valence-corrected chi connectivity index (χ0v) is 23.9. The van der Waals surface area contributed by atoms with Crippen LogP contribution in [0.2, 0.25) is 10.0 Å². The third-order valence-electron chi connectivity index (χ3n) is 5.98. The van der Waals surface area contributed by atoms with E-state index in [4.69, 9.17) is 23.2 Å². The predicted molar refractivity (Wildman–Crippen MR) is 153 cm³/mol. The highest BCUT2D eigenvalue weighted by Gasteiger charge is 2.33. The Morgan fingerprint density at radius 2 is 1.67 bits per heavy atom. The number of carbonyl (C=O) groups is 2. The van der Waals surface area contributed by atoms with Crippen LogP contribution in [0.4, 0.5) is 10.1 Å². The van der Waals surface area contributed by atoms with Gasteiger partial charge in [-0.25, -0.2) is 12.8 Å². The van der Waals surface area contributed by atoms with Crippen LogP contribution >= 0.6 is 23.2 Å². The van der Waals surface area contributed by atoms with Gasteiger partial charge in [0.1, 0.15) is 18.4 Å². The Morgan fingerprint density at radius 1 is 1.00 bits per heavy atom. The number of carbonyl (C=O) groups excluding carboxylic acids is 2. The molecule has 0 aliphatic heterocycles. The molecule has 3 rings (SSSR count). The molecule has 1 N–H and O–H groups in total. The minimum absolute atomic E-state index is 0.0305. The molecule has 0 radical (unpaired) electrons. The molecule has 208 valence electrons. The Balaban J connectivity index is 2.07. The van der Waals surface area contributed by atoms with E-state index in [1.54, 1.807) is 6.07 Å². The molecule has 0 aromatic heterocycles. The zero-order chi connectivity index (χ0) is 28.6. The van der Waals surface area contributed by atoms with Crippen molar-refractivity contribution in [3.05, 3.63) is 99.8 Å². The topological polar surface area (TPSA) is 86.8 Å². The van der Waals surface area contributed by atoms with E-state index < -0.39 is 40.2 Å². The van der Waals surface area contributed by atoms with Crippen LogP contribution in [0.5, 0.6) is 0 Å². The Labute approximate surface area is 238 Å². The van der Waals surface area contributed by atoms with Crippen molar-refractivity contribution in [3.8, 4) is 0 Å². The monoisotopic (exact) mass is 593 g/mol. The van der Waals surface area contributed by atoms with E-state index in [2.05, 4.69) is 5.32 Å². The number of hydrogen-bond acceptors (Lipinski definition) is 4. The van der Waals surface area contributed by atoms with E-state index in [1.165, 1.54) is 41.3 Å². The van der Waals surface area contributed by atoms with Crippen LogP contribution in [0, 0.1) is 5.82 Å². The van der Waals surface area contributed by atoms with Gasteiger partial charge >= 0.3 is 0 Å². The standard InChI is InChI=1S/C28H30Cl2FN3O4S/c1-3-15-32-28(36)26(16-20-9-5-4-6-10-20)33(18-21-11-7-8-12-24(21)31)27(35)19-34(39(2,37)38)25-14-13-22(29)17-23(25)30/h4-14,17,26H,3,15-16,18-19H2,1-2H3,(H,32,36)/t26-/m0/s1. The van der Waals surface area contributed by atoms with Gasteiger partial charge < -0.3 is 10.2 Å². The fourth-order valence-electron chi connectivity index (χ4n) is 4.01. The summed E-state index contributed by atoms with van der Waals surface area (Å²) in [7, 11) is -4.00. The Kier molecular flexibility index (Phi) is 10.7. The van der Waals surface area contributed by atoms with Crippen molar-refractivity contribution < 1.29 is 22.4 Å². The van der Waals surface area contributed by atoms with Gasteiger partial charge in [0, 0.05) is 30.1 Å². The van der Waals surface area contributed by atoms with Gasteiger partial charge in [0.25, 0.3) is 0 Å². The molecule has 3 aromatic carbocycles. The number of halogens is 3. The summed E-state index contributed by atoms with van der Waals surface area (Å²) < 4.78 is 41.2. The second-order valence-electron chi connectivity index (χ2n) is 8.97. The van der Waals surface area contributed by atoms with Gasteiger partial charge in [0.2, 0.25) is 21.8 Å². The Hall–Kier alpha value is -3.14. The first-order chi connectivity index (χ1) is 18.5. The lowest BCUT2D eigenvalue weighted by molar-refractivity contribution is -0.140.